The number of para-hydroxylation sites is 2. The molecule has 0 amide bonds. The average Bonchev–Trinajstić information content (AvgIpc) is 2.53. The minimum atomic E-state index is 0.319. The van der Waals surface area contributed by atoms with Crippen LogP contribution in [0.5, 0.6) is 5.75 Å². The van der Waals surface area contributed by atoms with E-state index in [-0.39, 0.29) is 0 Å². The Labute approximate surface area is 124 Å². The predicted octanol–water partition coefficient (Wildman–Crippen LogP) is 5.17. The maximum absolute atomic E-state index is 9.75. The summed E-state index contributed by atoms with van der Waals surface area (Å²) in [5.74, 6) is 0.319. The van der Waals surface area contributed by atoms with Crippen LogP contribution in [0.15, 0.2) is 78.9 Å². The number of aryl methyl sites for hydroxylation is 1. The van der Waals surface area contributed by atoms with Crippen molar-refractivity contribution >= 4 is 17.1 Å². The molecule has 0 aliphatic heterocycles. The van der Waals surface area contributed by atoms with Crippen LogP contribution in [-0.4, -0.2) is 5.11 Å². The molecule has 0 spiro atoms. The molecular weight excluding hydrogens is 258 g/mol. The summed E-state index contributed by atoms with van der Waals surface area (Å²) in [5.41, 5.74) is 4.08. The second-order valence-corrected chi connectivity index (χ2v) is 4.98. The molecule has 0 aliphatic carbocycles. The molecule has 1 N–H and O–H groups in total. The maximum Gasteiger partial charge on any atom is 0.118 e. The van der Waals surface area contributed by atoms with E-state index in [1.54, 1.807) is 6.07 Å². The van der Waals surface area contributed by atoms with Crippen LogP contribution in [0.1, 0.15) is 5.56 Å². The first-order valence-electron chi connectivity index (χ1n) is 6.95. The molecule has 0 heterocycles. The van der Waals surface area contributed by atoms with Crippen LogP contribution >= 0.6 is 0 Å². The van der Waals surface area contributed by atoms with Crippen molar-refractivity contribution in [1.29, 1.82) is 0 Å². The van der Waals surface area contributed by atoms with Crippen molar-refractivity contribution in [1.82, 2.24) is 0 Å². The van der Waals surface area contributed by atoms with Gasteiger partial charge in [-0.2, -0.15) is 0 Å². The van der Waals surface area contributed by atoms with Gasteiger partial charge in [0.05, 0.1) is 0 Å². The van der Waals surface area contributed by atoms with Crippen LogP contribution in [0.4, 0.5) is 17.1 Å². The van der Waals surface area contributed by atoms with Crippen molar-refractivity contribution in [3.63, 3.8) is 0 Å². The average molecular weight is 275 g/mol. The molecule has 0 aromatic heterocycles. The van der Waals surface area contributed by atoms with E-state index < -0.39 is 0 Å². The van der Waals surface area contributed by atoms with Crippen LogP contribution in [0.25, 0.3) is 0 Å². The van der Waals surface area contributed by atoms with Gasteiger partial charge in [0, 0.05) is 17.1 Å². The van der Waals surface area contributed by atoms with E-state index >= 15 is 0 Å². The Hall–Kier alpha value is -2.74. The predicted molar refractivity (Wildman–Crippen MR) is 87.5 cm³/mol. The third kappa shape index (κ3) is 2.75. The highest BCUT2D eigenvalue weighted by Crippen LogP contribution is 2.35. The first-order valence-corrected chi connectivity index (χ1v) is 6.95. The Morgan fingerprint density at radius 2 is 1.19 bits per heavy atom. The molecule has 0 saturated carbocycles. The smallest absolute Gasteiger partial charge is 0.118 e. The van der Waals surface area contributed by atoms with Gasteiger partial charge in [-0.3, -0.25) is 0 Å². The zero-order valence-corrected chi connectivity index (χ0v) is 11.9. The number of rotatable bonds is 3. The second kappa shape index (κ2) is 5.71. The van der Waals surface area contributed by atoms with Crippen molar-refractivity contribution < 1.29 is 5.11 Å². The van der Waals surface area contributed by atoms with Gasteiger partial charge in [0.1, 0.15) is 5.75 Å². The van der Waals surface area contributed by atoms with Crippen LogP contribution in [0, 0.1) is 6.92 Å². The van der Waals surface area contributed by atoms with E-state index in [4.69, 9.17) is 0 Å². The van der Waals surface area contributed by atoms with Gasteiger partial charge < -0.3 is 10.0 Å². The highest BCUT2D eigenvalue weighted by atomic mass is 16.3. The monoisotopic (exact) mass is 275 g/mol. The molecule has 0 atom stereocenters. The van der Waals surface area contributed by atoms with Gasteiger partial charge in [-0.1, -0.05) is 36.4 Å². The number of hydrogen-bond donors (Lipinski definition) is 1. The summed E-state index contributed by atoms with van der Waals surface area (Å²) in [6, 6.07) is 26.1. The second-order valence-electron chi connectivity index (χ2n) is 4.98. The summed E-state index contributed by atoms with van der Waals surface area (Å²) in [6.07, 6.45) is 0. The molecule has 0 bridgehead atoms. The normalized spacial score (nSPS) is 10.3. The van der Waals surface area contributed by atoms with Crippen molar-refractivity contribution in [2.75, 3.05) is 4.90 Å². The molecule has 3 rings (SSSR count). The molecule has 0 aliphatic rings. The number of phenolic OH excluding ortho intramolecular Hbond substituents is 1. The van der Waals surface area contributed by atoms with E-state index in [2.05, 4.69) is 29.2 Å². The van der Waals surface area contributed by atoms with E-state index in [0.29, 0.717) is 5.75 Å². The Balaban J connectivity index is 2.14. The number of benzene rings is 3. The van der Waals surface area contributed by atoms with Crippen LogP contribution in [0.2, 0.25) is 0 Å². The molecule has 21 heavy (non-hydrogen) atoms. The molecule has 0 radical (unpaired) electrons. The maximum atomic E-state index is 9.75. The third-order valence-corrected chi connectivity index (χ3v) is 3.47. The lowest BCUT2D eigenvalue weighted by Crippen LogP contribution is -2.09. The first-order chi connectivity index (χ1) is 10.3. The van der Waals surface area contributed by atoms with Crippen molar-refractivity contribution in [2.24, 2.45) is 0 Å². The summed E-state index contributed by atoms with van der Waals surface area (Å²) < 4.78 is 0. The van der Waals surface area contributed by atoms with Gasteiger partial charge in [-0.15, -0.1) is 0 Å². The van der Waals surface area contributed by atoms with Crippen molar-refractivity contribution in [3.05, 3.63) is 84.4 Å². The number of phenols is 1. The lowest BCUT2D eigenvalue weighted by Gasteiger charge is -2.25. The first kappa shape index (κ1) is 13.3. The Kier molecular flexibility index (Phi) is 3.61. The Morgan fingerprint density at radius 3 is 1.67 bits per heavy atom. The number of anilines is 3. The highest BCUT2D eigenvalue weighted by molar-refractivity contribution is 5.77. The zero-order valence-electron chi connectivity index (χ0n) is 11.9. The van der Waals surface area contributed by atoms with Gasteiger partial charge in [0.25, 0.3) is 0 Å². The lowest BCUT2D eigenvalue weighted by atomic mass is 10.1. The van der Waals surface area contributed by atoms with Crippen LogP contribution in [0.3, 0.4) is 0 Å². The van der Waals surface area contributed by atoms with Gasteiger partial charge in [0.15, 0.2) is 0 Å². The third-order valence-electron chi connectivity index (χ3n) is 3.47. The fourth-order valence-corrected chi connectivity index (χ4v) is 2.38. The molecule has 3 aromatic carbocycles. The summed E-state index contributed by atoms with van der Waals surface area (Å²) in [4.78, 5) is 2.17. The number of nitrogens with zero attached hydrogens (tertiary/aromatic N) is 1. The summed E-state index contributed by atoms with van der Waals surface area (Å²) >= 11 is 0. The van der Waals surface area contributed by atoms with Crippen LogP contribution in [-0.2, 0) is 0 Å². The van der Waals surface area contributed by atoms with E-state index in [0.717, 1.165) is 22.6 Å². The van der Waals surface area contributed by atoms with Gasteiger partial charge in [-0.05, 0) is 55.0 Å². The largest absolute Gasteiger partial charge is 0.508 e. The fraction of sp³-hybridized carbons (Fsp3) is 0.0526. The van der Waals surface area contributed by atoms with Gasteiger partial charge >= 0.3 is 0 Å². The molecular formula is C19H17NO. The molecule has 0 unspecified atom stereocenters. The SMILES string of the molecule is Cc1cc(N(c2ccccc2)c2ccccc2)ccc1O. The molecule has 0 fully saturated rings. The molecule has 3 aromatic rings. The lowest BCUT2D eigenvalue weighted by molar-refractivity contribution is 0.471. The minimum absolute atomic E-state index is 0.319. The highest BCUT2D eigenvalue weighted by Gasteiger charge is 2.12. The topological polar surface area (TPSA) is 23.5 Å². The van der Waals surface area contributed by atoms with E-state index in [1.807, 2.05) is 55.5 Å². The molecule has 2 nitrogen and oxygen atoms in total. The number of aromatic hydroxyl groups is 1. The molecule has 2 heteroatoms. The summed E-state index contributed by atoms with van der Waals surface area (Å²) in [5, 5.41) is 9.75. The van der Waals surface area contributed by atoms with E-state index in [1.165, 1.54) is 0 Å². The van der Waals surface area contributed by atoms with Crippen molar-refractivity contribution in [2.45, 2.75) is 6.92 Å². The molecule has 0 saturated heterocycles. The Morgan fingerprint density at radius 1 is 0.667 bits per heavy atom. The standard InChI is InChI=1S/C19H17NO/c1-15-14-18(12-13-19(15)21)20(16-8-4-2-5-9-16)17-10-6-3-7-11-17/h2-14,21H,1H3. The van der Waals surface area contributed by atoms with Gasteiger partial charge in [-0.25, -0.2) is 0 Å². The van der Waals surface area contributed by atoms with E-state index in [9.17, 15) is 5.11 Å². The minimum Gasteiger partial charge on any atom is -0.508 e. The van der Waals surface area contributed by atoms with Gasteiger partial charge in [0.2, 0.25) is 0 Å². The fourth-order valence-electron chi connectivity index (χ4n) is 2.38. The van der Waals surface area contributed by atoms with Crippen molar-refractivity contribution in [3.8, 4) is 5.75 Å². The summed E-state index contributed by atoms with van der Waals surface area (Å²) in [7, 11) is 0. The van der Waals surface area contributed by atoms with Crippen LogP contribution < -0.4 is 4.90 Å². The zero-order chi connectivity index (χ0) is 14.7. The Bertz CT molecular complexity index is 684. The molecule has 104 valence electrons. The summed E-state index contributed by atoms with van der Waals surface area (Å²) in [6.45, 7) is 1.91. The quantitative estimate of drug-likeness (QED) is 0.712. The number of hydrogen-bond acceptors (Lipinski definition) is 2.